The van der Waals surface area contributed by atoms with Crippen molar-refractivity contribution in [3.63, 3.8) is 0 Å². The predicted molar refractivity (Wildman–Crippen MR) is 87.8 cm³/mol. The van der Waals surface area contributed by atoms with Gasteiger partial charge in [0, 0.05) is 31.7 Å². The largest absolute Gasteiger partial charge is 0.371 e. The molecule has 0 aromatic heterocycles. The lowest BCUT2D eigenvalue weighted by Crippen LogP contribution is -2.34. The van der Waals surface area contributed by atoms with Crippen molar-refractivity contribution >= 4 is 11.6 Å². The molecule has 1 amide bonds. The minimum atomic E-state index is 0.164. The summed E-state index contributed by atoms with van der Waals surface area (Å²) >= 11 is 0. The highest BCUT2D eigenvalue weighted by atomic mass is 16.1. The Morgan fingerprint density at radius 1 is 1.33 bits per heavy atom. The van der Waals surface area contributed by atoms with E-state index in [2.05, 4.69) is 53.5 Å². The number of fused-ring (bicyclic) bond motifs is 1. The normalized spacial score (nSPS) is 14.1. The summed E-state index contributed by atoms with van der Waals surface area (Å²) in [7, 11) is 4.10. The van der Waals surface area contributed by atoms with Crippen LogP contribution in [-0.4, -0.2) is 51.1 Å². The first-order chi connectivity index (χ1) is 10.2. The summed E-state index contributed by atoms with van der Waals surface area (Å²) in [4.78, 5) is 16.4. The Labute approximate surface area is 128 Å². The van der Waals surface area contributed by atoms with Gasteiger partial charge in [0.05, 0.1) is 0 Å². The van der Waals surface area contributed by atoms with Crippen molar-refractivity contribution in [1.82, 2.24) is 10.2 Å². The number of aryl methyl sites for hydroxylation is 1. The molecule has 0 spiro atoms. The second-order valence-corrected chi connectivity index (χ2v) is 5.98. The van der Waals surface area contributed by atoms with E-state index in [0.717, 1.165) is 39.0 Å². The number of hydrogen-bond donors (Lipinski definition) is 1. The van der Waals surface area contributed by atoms with Crippen LogP contribution in [0.2, 0.25) is 0 Å². The number of anilines is 1. The summed E-state index contributed by atoms with van der Waals surface area (Å²) in [6, 6.07) is 8.55. The predicted octanol–water partition coefficient (Wildman–Crippen LogP) is 1.90. The van der Waals surface area contributed by atoms with E-state index < -0.39 is 0 Å². The summed E-state index contributed by atoms with van der Waals surface area (Å²) in [6.07, 6.45) is 3.92. The van der Waals surface area contributed by atoms with E-state index in [9.17, 15) is 4.79 Å². The Morgan fingerprint density at radius 2 is 2.14 bits per heavy atom. The molecule has 0 radical (unpaired) electrons. The van der Waals surface area contributed by atoms with Gasteiger partial charge in [-0.25, -0.2) is 0 Å². The number of benzene rings is 1. The highest BCUT2D eigenvalue weighted by molar-refractivity contribution is 5.76. The van der Waals surface area contributed by atoms with Crippen molar-refractivity contribution in [2.45, 2.75) is 25.7 Å². The van der Waals surface area contributed by atoms with Crippen molar-refractivity contribution < 1.29 is 4.79 Å². The van der Waals surface area contributed by atoms with Crippen LogP contribution in [0.5, 0.6) is 0 Å². The van der Waals surface area contributed by atoms with Crippen molar-refractivity contribution in [3.8, 4) is 0 Å². The Morgan fingerprint density at radius 3 is 2.95 bits per heavy atom. The van der Waals surface area contributed by atoms with Gasteiger partial charge in [-0.05, 0) is 51.5 Å². The second kappa shape index (κ2) is 8.03. The lowest BCUT2D eigenvalue weighted by Gasteiger charge is -2.31. The molecular formula is C17H27N3O. The van der Waals surface area contributed by atoms with Crippen molar-refractivity contribution in [3.05, 3.63) is 29.8 Å². The van der Waals surface area contributed by atoms with E-state index in [0.29, 0.717) is 6.42 Å². The minimum Gasteiger partial charge on any atom is -0.371 e. The molecule has 1 aromatic rings. The first-order valence-corrected chi connectivity index (χ1v) is 7.91. The van der Waals surface area contributed by atoms with Crippen molar-refractivity contribution in [2.24, 2.45) is 0 Å². The van der Waals surface area contributed by atoms with Gasteiger partial charge in [0.1, 0.15) is 0 Å². The molecule has 0 unspecified atom stereocenters. The fourth-order valence-corrected chi connectivity index (χ4v) is 2.79. The van der Waals surface area contributed by atoms with E-state index in [1.807, 2.05) is 0 Å². The zero-order chi connectivity index (χ0) is 15.1. The highest BCUT2D eigenvalue weighted by Crippen LogP contribution is 2.26. The van der Waals surface area contributed by atoms with Crippen LogP contribution in [0.25, 0.3) is 0 Å². The number of para-hydroxylation sites is 1. The molecule has 0 saturated heterocycles. The zero-order valence-corrected chi connectivity index (χ0v) is 13.3. The quantitative estimate of drug-likeness (QED) is 0.779. The number of carbonyl (C=O) groups excluding carboxylic acids is 1. The van der Waals surface area contributed by atoms with E-state index in [1.165, 1.54) is 17.7 Å². The third-order valence-electron chi connectivity index (χ3n) is 3.92. The van der Waals surface area contributed by atoms with Crippen LogP contribution in [0.3, 0.4) is 0 Å². The summed E-state index contributed by atoms with van der Waals surface area (Å²) < 4.78 is 0. The number of rotatable bonds is 7. The lowest BCUT2D eigenvalue weighted by atomic mass is 10.0. The SMILES string of the molecule is CN(C)CCCNC(=O)CCN1CCCc2ccccc21. The highest BCUT2D eigenvalue weighted by Gasteiger charge is 2.16. The summed E-state index contributed by atoms with van der Waals surface area (Å²) in [5.41, 5.74) is 2.72. The van der Waals surface area contributed by atoms with Crippen LogP contribution in [0, 0.1) is 0 Å². The third-order valence-corrected chi connectivity index (χ3v) is 3.92. The van der Waals surface area contributed by atoms with Crippen LogP contribution in [-0.2, 0) is 11.2 Å². The molecule has 0 atom stereocenters. The van der Waals surface area contributed by atoms with Gasteiger partial charge in [-0.15, -0.1) is 0 Å². The van der Waals surface area contributed by atoms with Crippen LogP contribution in [0.15, 0.2) is 24.3 Å². The molecule has 21 heavy (non-hydrogen) atoms. The minimum absolute atomic E-state index is 0.164. The lowest BCUT2D eigenvalue weighted by molar-refractivity contribution is -0.120. The zero-order valence-electron chi connectivity index (χ0n) is 13.3. The number of amides is 1. The third kappa shape index (κ3) is 5.05. The molecule has 4 heteroatoms. The van der Waals surface area contributed by atoms with Crippen LogP contribution < -0.4 is 10.2 Å². The molecular weight excluding hydrogens is 262 g/mol. The smallest absolute Gasteiger partial charge is 0.221 e. The van der Waals surface area contributed by atoms with Gasteiger partial charge in [-0.1, -0.05) is 18.2 Å². The fraction of sp³-hybridized carbons (Fsp3) is 0.588. The average Bonchev–Trinajstić information content (AvgIpc) is 2.49. The van der Waals surface area contributed by atoms with Crippen LogP contribution in [0.1, 0.15) is 24.8 Å². The molecule has 4 nitrogen and oxygen atoms in total. The van der Waals surface area contributed by atoms with Gasteiger partial charge in [0.2, 0.25) is 5.91 Å². The molecule has 1 N–H and O–H groups in total. The Balaban J connectivity index is 1.72. The van der Waals surface area contributed by atoms with Crippen molar-refractivity contribution in [1.29, 1.82) is 0 Å². The topological polar surface area (TPSA) is 35.6 Å². The maximum Gasteiger partial charge on any atom is 0.221 e. The van der Waals surface area contributed by atoms with Gasteiger partial charge < -0.3 is 15.1 Å². The molecule has 1 heterocycles. The molecule has 116 valence electrons. The van der Waals surface area contributed by atoms with Gasteiger partial charge in [-0.2, -0.15) is 0 Å². The maximum atomic E-state index is 11.9. The van der Waals surface area contributed by atoms with Crippen molar-refractivity contribution in [2.75, 3.05) is 45.2 Å². The number of hydrogen-bond acceptors (Lipinski definition) is 3. The fourth-order valence-electron chi connectivity index (χ4n) is 2.79. The van der Waals surface area contributed by atoms with E-state index in [-0.39, 0.29) is 5.91 Å². The van der Waals surface area contributed by atoms with Gasteiger partial charge in [-0.3, -0.25) is 4.79 Å². The molecule has 1 aliphatic heterocycles. The average molecular weight is 289 g/mol. The Kier molecular flexibility index (Phi) is 6.05. The Hall–Kier alpha value is -1.55. The standard InChI is InChI=1S/C17H27N3O/c1-19(2)12-6-11-18-17(21)10-14-20-13-5-8-15-7-3-4-9-16(15)20/h3-4,7,9H,5-6,8,10-14H2,1-2H3,(H,18,21). The molecule has 1 aliphatic rings. The second-order valence-electron chi connectivity index (χ2n) is 5.98. The summed E-state index contributed by atoms with van der Waals surface area (Å²) in [5, 5.41) is 3.01. The van der Waals surface area contributed by atoms with Gasteiger partial charge >= 0.3 is 0 Å². The molecule has 0 fully saturated rings. The van der Waals surface area contributed by atoms with Crippen LogP contribution >= 0.6 is 0 Å². The molecule has 0 aliphatic carbocycles. The number of carbonyl (C=O) groups is 1. The number of nitrogens with one attached hydrogen (secondary N) is 1. The summed E-state index contributed by atoms with van der Waals surface area (Å²) in [5.74, 6) is 0.164. The molecule has 2 rings (SSSR count). The van der Waals surface area contributed by atoms with E-state index in [1.54, 1.807) is 0 Å². The van der Waals surface area contributed by atoms with Gasteiger partial charge in [0.25, 0.3) is 0 Å². The van der Waals surface area contributed by atoms with E-state index in [4.69, 9.17) is 0 Å². The molecule has 0 saturated carbocycles. The van der Waals surface area contributed by atoms with Gasteiger partial charge in [0.15, 0.2) is 0 Å². The number of nitrogens with zero attached hydrogens (tertiary/aromatic N) is 2. The van der Waals surface area contributed by atoms with Crippen LogP contribution in [0.4, 0.5) is 5.69 Å². The maximum absolute atomic E-state index is 11.9. The van der Waals surface area contributed by atoms with E-state index >= 15 is 0 Å². The Bertz CT molecular complexity index is 459. The first-order valence-electron chi connectivity index (χ1n) is 7.91. The summed E-state index contributed by atoms with van der Waals surface area (Å²) in [6.45, 7) is 3.66. The first kappa shape index (κ1) is 15.8. The molecule has 1 aromatic carbocycles. The molecule has 0 bridgehead atoms. The monoisotopic (exact) mass is 289 g/mol.